The van der Waals surface area contributed by atoms with Gasteiger partial charge in [-0.3, -0.25) is 0 Å². The van der Waals surface area contributed by atoms with Gasteiger partial charge in [0, 0.05) is 12.4 Å². The summed E-state index contributed by atoms with van der Waals surface area (Å²) in [6, 6.07) is 7.68. The molecule has 1 fully saturated rings. The zero-order valence-electron chi connectivity index (χ0n) is 9.62. The molecule has 0 radical (unpaired) electrons. The molecule has 0 bridgehead atoms. The summed E-state index contributed by atoms with van der Waals surface area (Å²) in [4.78, 5) is 10.1. The zero-order valence-corrected chi connectivity index (χ0v) is 9.62. The van der Waals surface area contributed by atoms with E-state index >= 15 is 0 Å². The summed E-state index contributed by atoms with van der Waals surface area (Å²) in [6.45, 7) is 0.839. The van der Waals surface area contributed by atoms with E-state index in [1.54, 1.807) is 30.6 Å². The van der Waals surface area contributed by atoms with Gasteiger partial charge in [0.05, 0.1) is 13.1 Å². The van der Waals surface area contributed by atoms with Crippen LogP contribution in [0.1, 0.15) is 5.56 Å². The molecule has 0 unspecified atom stereocenters. The predicted molar refractivity (Wildman–Crippen MR) is 64.5 cm³/mol. The lowest BCUT2D eigenvalue weighted by molar-refractivity contribution is 0.00648. The van der Waals surface area contributed by atoms with E-state index in [1.807, 2.05) is 4.90 Å². The normalized spacial score (nSPS) is 17.3. The fourth-order valence-corrected chi connectivity index (χ4v) is 2.12. The first kappa shape index (κ1) is 11.1. The molecule has 4 nitrogen and oxygen atoms in total. The molecule has 0 amide bonds. The van der Waals surface area contributed by atoms with Crippen LogP contribution < -0.4 is 4.90 Å². The monoisotopic (exact) mass is 245 g/mol. The molecule has 2 aromatic rings. The molecule has 1 aromatic heterocycles. The lowest BCUT2D eigenvalue weighted by atomic mass is 9.86. The van der Waals surface area contributed by atoms with Crippen molar-refractivity contribution >= 4 is 5.95 Å². The SMILES string of the molecule is OC1(c2ccc(F)cc2)CN(c2ncccn2)C1. The Morgan fingerprint density at radius 2 is 1.72 bits per heavy atom. The second kappa shape index (κ2) is 4.03. The van der Waals surface area contributed by atoms with Crippen molar-refractivity contribution in [1.29, 1.82) is 0 Å². The van der Waals surface area contributed by atoms with Gasteiger partial charge in [0.15, 0.2) is 0 Å². The van der Waals surface area contributed by atoms with E-state index in [1.165, 1.54) is 12.1 Å². The van der Waals surface area contributed by atoms with Gasteiger partial charge in [0.2, 0.25) is 5.95 Å². The van der Waals surface area contributed by atoms with Crippen molar-refractivity contribution in [3.8, 4) is 0 Å². The van der Waals surface area contributed by atoms with Crippen LogP contribution in [0.4, 0.5) is 10.3 Å². The molecule has 18 heavy (non-hydrogen) atoms. The van der Waals surface area contributed by atoms with Crippen LogP contribution in [0.3, 0.4) is 0 Å². The third-order valence-electron chi connectivity index (χ3n) is 3.12. The van der Waals surface area contributed by atoms with E-state index in [0.717, 1.165) is 5.56 Å². The summed E-state index contributed by atoms with van der Waals surface area (Å²) in [5.41, 5.74) is -0.219. The van der Waals surface area contributed by atoms with E-state index in [2.05, 4.69) is 9.97 Å². The Bertz CT molecular complexity index is 538. The maximum atomic E-state index is 12.8. The number of aliphatic hydroxyl groups is 1. The van der Waals surface area contributed by atoms with Gasteiger partial charge in [-0.15, -0.1) is 0 Å². The molecular formula is C13H12FN3O. The number of β-amino-alcohol motifs (C(OH)–C–C–N with tert-alkyl or cyclic N) is 1. The zero-order chi connectivity index (χ0) is 12.6. The molecule has 92 valence electrons. The van der Waals surface area contributed by atoms with Crippen LogP contribution in [0.25, 0.3) is 0 Å². The highest BCUT2D eigenvalue weighted by Crippen LogP contribution is 2.33. The number of anilines is 1. The molecule has 5 heteroatoms. The minimum absolute atomic E-state index is 0.301. The highest BCUT2D eigenvalue weighted by molar-refractivity contribution is 5.41. The standard InChI is InChI=1S/C13H12FN3O/c14-11-4-2-10(3-5-11)13(18)8-17(9-13)12-15-6-1-7-16-12/h1-7,18H,8-9H2. The van der Waals surface area contributed by atoms with Crippen molar-refractivity contribution in [1.82, 2.24) is 9.97 Å². The number of aromatic nitrogens is 2. The van der Waals surface area contributed by atoms with Gasteiger partial charge in [0.1, 0.15) is 11.4 Å². The molecule has 0 atom stereocenters. The van der Waals surface area contributed by atoms with Gasteiger partial charge in [-0.2, -0.15) is 0 Å². The molecule has 1 aliphatic heterocycles. The lowest BCUT2D eigenvalue weighted by Gasteiger charge is -2.46. The maximum Gasteiger partial charge on any atom is 0.225 e. The molecule has 3 rings (SSSR count). The number of hydrogen-bond donors (Lipinski definition) is 1. The van der Waals surface area contributed by atoms with E-state index in [9.17, 15) is 9.50 Å². The summed E-state index contributed by atoms with van der Waals surface area (Å²) < 4.78 is 12.8. The molecule has 0 aliphatic carbocycles. The molecule has 1 N–H and O–H groups in total. The Balaban J connectivity index is 1.76. The van der Waals surface area contributed by atoms with Crippen molar-refractivity contribution in [3.63, 3.8) is 0 Å². The molecule has 1 saturated heterocycles. The van der Waals surface area contributed by atoms with Crippen molar-refractivity contribution in [3.05, 3.63) is 54.1 Å². The van der Waals surface area contributed by atoms with Crippen LogP contribution in [0.5, 0.6) is 0 Å². The summed E-state index contributed by atoms with van der Waals surface area (Å²) in [5, 5.41) is 10.4. The van der Waals surface area contributed by atoms with Crippen LogP contribution in [0.15, 0.2) is 42.7 Å². The second-order valence-corrected chi connectivity index (χ2v) is 4.44. The van der Waals surface area contributed by atoms with Crippen LogP contribution in [0.2, 0.25) is 0 Å². The first-order valence-electron chi connectivity index (χ1n) is 5.68. The Kier molecular flexibility index (Phi) is 2.48. The van der Waals surface area contributed by atoms with Crippen molar-refractivity contribution in [2.75, 3.05) is 18.0 Å². The van der Waals surface area contributed by atoms with Crippen LogP contribution >= 0.6 is 0 Å². The van der Waals surface area contributed by atoms with E-state index < -0.39 is 5.60 Å². The largest absolute Gasteiger partial charge is 0.381 e. The van der Waals surface area contributed by atoms with Crippen LogP contribution in [-0.2, 0) is 5.60 Å². The Hall–Kier alpha value is -2.01. The summed E-state index contributed by atoms with van der Waals surface area (Å²) >= 11 is 0. The van der Waals surface area contributed by atoms with Gasteiger partial charge in [-0.05, 0) is 23.8 Å². The van der Waals surface area contributed by atoms with Crippen molar-refractivity contribution < 1.29 is 9.50 Å². The minimum atomic E-state index is -0.938. The summed E-state index contributed by atoms with van der Waals surface area (Å²) in [7, 11) is 0. The third-order valence-corrected chi connectivity index (χ3v) is 3.12. The fraction of sp³-hybridized carbons (Fsp3) is 0.231. The van der Waals surface area contributed by atoms with Crippen LogP contribution in [0, 0.1) is 5.82 Å². The topological polar surface area (TPSA) is 49.2 Å². The first-order chi connectivity index (χ1) is 8.67. The molecule has 2 heterocycles. The number of benzene rings is 1. The predicted octanol–water partition coefficient (Wildman–Crippen LogP) is 1.32. The molecular weight excluding hydrogens is 233 g/mol. The molecule has 0 spiro atoms. The summed E-state index contributed by atoms with van der Waals surface area (Å²) in [6.07, 6.45) is 3.33. The average Bonchev–Trinajstić information content (AvgIpc) is 2.37. The Labute approximate surface area is 104 Å². The minimum Gasteiger partial charge on any atom is -0.381 e. The van der Waals surface area contributed by atoms with Crippen LogP contribution in [-0.4, -0.2) is 28.2 Å². The Morgan fingerprint density at radius 3 is 2.33 bits per heavy atom. The van der Waals surface area contributed by atoms with Gasteiger partial charge in [-0.25, -0.2) is 14.4 Å². The van der Waals surface area contributed by atoms with Gasteiger partial charge in [-0.1, -0.05) is 12.1 Å². The Morgan fingerprint density at radius 1 is 1.11 bits per heavy atom. The van der Waals surface area contributed by atoms with Gasteiger partial charge in [0.25, 0.3) is 0 Å². The van der Waals surface area contributed by atoms with E-state index in [4.69, 9.17) is 0 Å². The van der Waals surface area contributed by atoms with Gasteiger partial charge >= 0.3 is 0 Å². The highest BCUT2D eigenvalue weighted by atomic mass is 19.1. The summed E-state index contributed by atoms with van der Waals surface area (Å²) in [5.74, 6) is 0.300. The lowest BCUT2D eigenvalue weighted by Crippen LogP contribution is -2.60. The van der Waals surface area contributed by atoms with E-state index in [-0.39, 0.29) is 5.82 Å². The van der Waals surface area contributed by atoms with E-state index in [0.29, 0.717) is 19.0 Å². The smallest absolute Gasteiger partial charge is 0.225 e. The second-order valence-electron chi connectivity index (χ2n) is 4.44. The number of hydrogen-bond acceptors (Lipinski definition) is 4. The maximum absolute atomic E-state index is 12.8. The third kappa shape index (κ3) is 1.82. The quantitative estimate of drug-likeness (QED) is 0.867. The van der Waals surface area contributed by atoms with Crippen molar-refractivity contribution in [2.24, 2.45) is 0 Å². The highest BCUT2D eigenvalue weighted by Gasteiger charge is 2.43. The molecule has 1 aliphatic rings. The number of halogens is 1. The number of nitrogens with zero attached hydrogens (tertiary/aromatic N) is 3. The molecule has 0 saturated carbocycles. The average molecular weight is 245 g/mol. The number of rotatable bonds is 2. The van der Waals surface area contributed by atoms with Gasteiger partial charge < -0.3 is 10.0 Å². The molecule has 1 aromatic carbocycles. The first-order valence-corrected chi connectivity index (χ1v) is 5.68. The fourth-order valence-electron chi connectivity index (χ4n) is 2.12. The van der Waals surface area contributed by atoms with Crippen molar-refractivity contribution in [2.45, 2.75) is 5.60 Å².